The van der Waals surface area contributed by atoms with Gasteiger partial charge in [-0.15, -0.1) is 0 Å². The largest absolute Gasteiger partial charge is 0.504 e. The summed E-state index contributed by atoms with van der Waals surface area (Å²) < 4.78 is 10.6. The van der Waals surface area contributed by atoms with Crippen molar-refractivity contribution in [3.63, 3.8) is 0 Å². The lowest BCUT2D eigenvalue weighted by Gasteiger charge is -2.21. The monoisotopic (exact) mass is 282 g/mol. The van der Waals surface area contributed by atoms with Gasteiger partial charge < -0.3 is 19.7 Å². The normalized spacial score (nSPS) is 13.2. The zero-order chi connectivity index (χ0) is 15.0. The van der Waals surface area contributed by atoms with Crippen molar-refractivity contribution in [2.45, 2.75) is 0 Å². The second kappa shape index (κ2) is 4.90. The average Bonchev–Trinajstić information content (AvgIpc) is 2.51. The van der Waals surface area contributed by atoms with Crippen LogP contribution in [0.4, 0.5) is 0 Å². The molecule has 2 aromatic carbocycles. The Morgan fingerprint density at radius 2 is 1.76 bits per heavy atom. The molecule has 0 fully saturated rings. The molecule has 0 spiro atoms. The fourth-order valence-electron chi connectivity index (χ4n) is 2.28. The van der Waals surface area contributed by atoms with Gasteiger partial charge in [0.1, 0.15) is 11.5 Å². The summed E-state index contributed by atoms with van der Waals surface area (Å²) in [5.74, 6) is 0.867. The number of rotatable bonds is 2. The second-order valence-corrected chi connectivity index (χ2v) is 4.66. The molecular formula is C17H14O4. The topological polar surface area (TPSA) is 58.9 Å². The Morgan fingerprint density at radius 1 is 1.05 bits per heavy atom. The first-order chi connectivity index (χ1) is 10.1. The number of phenolic OH excluding ortho intramolecular Hbond substituents is 2. The summed E-state index contributed by atoms with van der Waals surface area (Å²) in [6.45, 7) is 3.78. The van der Waals surface area contributed by atoms with Crippen LogP contribution in [-0.2, 0) is 0 Å². The van der Waals surface area contributed by atoms with E-state index in [4.69, 9.17) is 9.47 Å². The first-order valence-corrected chi connectivity index (χ1v) is 6.38. The molecule has 0 aliphatic carbocycles. The van der Waals surface area contributed by atoms with E-state index in [1.807, 2.05) is 24.3 Å². The highest BCUT2D eigenvalue weighted by Gasteiger charge is 2.22. The summed E-state index contributed by atoms with van der Waals surface area (Å²) >= 11 is 0. The number of benzene rings is 2. The third-order valence-electron chi connectivity index (χ3n) is 3.34. The molecule has 0 atom stereocenters. The van der Waals surface area contributed by atoms with Crippen molar-refractivity contribution in [1.82, 2.24) is 0 Å². The Morgan fingerprint density at radius 3 is 2.43 bits per heavy atom. The molecule has 0 saturated carbocycles. The Kier molecular flexibility index (Phi) is 3.06. The molecule has 1 aliphatic rings. The molecule has 0 amide bonds. The first kappa shape index (κ1) is 13.1. The SMILES string of the molecule is C=C1C=C(c2ccc(OC)cc2)c2ccc(O)c(O)c2O1. The molecule has 106 valence electrons. The van der Waals surface area contributed by atoms with Gasteiger partial charge in [0.05, 0.1) is 7.11 Å². The first-order valence-electron chi connectivity index (χ1n) is 6.38. The van der Waals surface area contributed by atoms with Crippen LogP contribution < -0.4 is 9.47 Å². The van der Waals surface area contributed by atoms with Gasteiger partial charge in [-0.3, -0.25) is 0 Å². The van der Waals surface area contributed by atoms with Gasteiger partial charge in [-0.05, 0) is 41.5 Å². The van der Waals surface area contributed by atoms with Crippen LogP contribution in [0.1, 0.15) is 11.1 Å². The van der Waals surface area contributed by atoms with Crippen molar-refractivity contribution in [2.24, 2.45) is 0 Å². The number of fused-ring (bicyclic) bond motifs is 1. The summed E-state index contributed by atoms with van der Waals surface area (Å²) in [5, 5.41) is 19.5. The van der Waals surface area contributed by atoms with Crippen LogP contribution in [0.2, 0.25) is 0 Å². The quantitative estimate of drug-likeness (QED) is 0.828. The zero-order valence-corrected chi connectivity index (χ0v) is 11.5. The van der Waals surface area contributed by atoms with Crippen LogP contribution in [0.3, 0.4) is 0 Å². The second-order valence-electron chi connectivity index (χ2n) is 4.66. The highest BCUT2D eigenvalue weighted by Crippen LogP contribution is 2.46. The standard InChI is InChI=1S/C17H14O4/c1-10-9-14(11-3-5-12(20-2)6-4-11)13-7-8-15(18)16(19)17(13)21-10/h3-9,18-19H,1H2,2H3. The van der Waals surface area contributed by atoms with Crippen LogP contribution in [-0.4, -0.2) is 17.3 Å². The predicted octanol–water partition coefficient (Wildman–Crippen LogP) is 3.44. The van der Waals surface area contributed by atoms with Gasteiger partial charge >= 0.3 is 0 Å². The number of hydrogen-bond donors (Lipinski definition) is 2. The molecule has 0 saturated heterocycles. The van der Waals surface area contributed by atoms with E-state index < -0.39 is 0 Å². The number of phenols is 2. The molecule has 1 heterocycles. The zero-order valence-electron chi connectivity index (χ0n) is 11.5. The van der Waals surface area contributed by atoms with E-state index >= 15 is 0 Å². The van der Waals surface area contributed by atoms with Crippen LogP contribution in [0.5, 0.6) is 23.0 Å². The van der Waals surface area contributed by atoms with Crippen molar-refractivity contribution in [2.75, 3.05) is 7.11 Å². The van der Waals surface area contributed by atoms with Crippen LogP contribution in [0, 0.1) is 0 Å². The van der Waals surface area contributed by atoms with Gasteiger partial charge in [0, 0.05) is 5.56 Å². The Hall–Kier alpha value is -2.88. The number of allylic oxidation sites excluding steroid dienone is 1. The van der Waals surface area contributed by atoms with E-state index in [0.29, 0.717) is 11.3 Å². The highest BCUT2D eigenvalue weighted by atomic mass is 16.5. The van der Waals surface area contributed by atoms with E-state index in [1.54, 1.807) is 19.3 Å². The predicted molar refractivity (Wildman–Crippen MR) is 79.6 cm³/mol. The van der Waals surface area contributed by atoms with E-state index in [2.05, 4.69) is 6.58 Å². The lowest BCUT2D eigenvalue weighted by atomic mass is 9.94. The summed E-state index contributed by atoms with van der Waals surface area (Å²) in [7, 11) is 1.61. The third kappa shape index (κ3) is 2.21. The average molecular weight is 282 g/mol. The van der Waals surface area contributed by atoms with Gasteiger partial charge in [0.15, 0.2) is 11.5 Å². The molecule has 21 heavy (non-hydrogen) atoms. The van der Waals surface area contributed by atoms with Crippen molar-refractivity contribution in [1.29, 1.82) is 0 Å². The fraction of sp³-hybridized carbons (Fsp3) is 0.0588. The molecule has 4 heteroatoms. The van der Waals surface area contributed by atoms with Crippen LogP contribution in [0.15, 0.2) is 54.8 Å². The summed E-state index contributed by atoms with van der Waals surface area (Å²) in [6, 6.07) is 10.7. The van der Waals surface area contributed by atoms with Gasteiger partial charge in [-0.2, -0.15) is 0 Å². The molecular weight excluding hydrogens is 268 g/mol. The van der Waals surface area contributed by atoms with Crippen molar-refractivity contribution in [3.8, 4) is 23.0 Å². The highest BCUT2D eigenvalue weighted by molar-refractivity contribution is 5.87. The molecule has 1 aliphatic heterocycles. The van der Waals surface area contributed by atoms with Crippen molar-refractivity contribution in [3.05, 3.63) is 65.9 Å². The Labute approximate surface area is 122 Å². The van der Waals surface area contributed by atoms with E-state index in [-0.39, 0.29) is 17.2 Å². The molecule has 0 aromatic heterocycles. The maximum Gasteiger partial charge on any atom is 0.201 e. The number of aromatic hydroxyl groups is 2. The minimum absolute atomic E-state index is 0.216. The van der Waals surface area contributed by atoms with E-state index in [0.717, 1.165) is 16.9 Å². The van der Waals surface area contributed by atoms with Gasteiger partial charge in [0.2, 0.25) is 5.75 Å². The number of hydrogen-bond acceptors (Lipinski definition) is 4. The lowest BCUT2D eigenvalue weighted by molar-refractivity contribution is 0.361. The summed E-state index contributed by atoms with van der Waals surface area (Å²) in [4.78, 5) is 0. The summed E-state index contributed by atoms with van der Waals surface area (Å²) in [5.41, 5.74) is 2.49. The number of methoxy groups -OCH3 is 1. The lowest BCUT2D eigenvalue weighted by Crippen LogP contribution is -2.03. The Bertz CT molecular complexity index is 742. The van der Waals surface area contributed by atoms with Crippen molar-refractivity contribution < 1.29 is 19.7 Å². The molecule has 3 rings (SSSR count). The maximum atomic E-state index is 9.94. The van der Waals surface area contributed by atoms with Crippen molar-refractivity contribution >= 4 is 5.57 Å². The van der Waals surface area contributed by atoms with E-state index in [1.165, 1.54) is 6.07 Å². The smallest absolute Gasteiger partial charge is 0.201 e. The molecule has 4 nitrogen and oxygen atoms in total. The molecule has 0 unspecified atom stereocenters. The van der Waals surface area contributed by atoms with Gasteiger partial charge in [-0.1, -0.05) is 18.7 Å². The fourth-order valence-corrected chi connectivity index (χ4v) is 2.28. The summed E-state index contributed by atoms with van der Waals surface area (Å²) in [6.07, 6.45) is 1.79. The minimum atomic E-state index is -0.284. The van der Waals surface area contributed by atoms with Crippen LogP contribution in [0.25, 0.3) is 5.57 Å². The molecule has 0 radical (unpaired) electrons. The van der Waals surface area contributed by atoms with E-state index in [9.17, 15) is 10.2 Å². The Balaban J connectivity index is 2.14. The molecule has 2 N–H and O–H groups in total. The minimum Gasteiger partial charge on any atom is -0.504 e. The third-order valence-corrected chi connectivity index (χ3v) is 3.34. The number of ether oxygens (including phenoxy) is 2. The maximum absolute atomic E-state index is 9.94. The van der Waals surface area contributed by atoms with Crippen LogP contribution >= 0.6 is 0 Å². The van der Waals surface area contributed by atoms with Gasteiger partial charge in [-0.25, -0.2) is 0 Å². The molecule has 0 bridgehead atoms. The molecule has 2 aromatic rings. The van der Waals surface area contributed by atoms with Gasteiger partial charge in [0.25, 0.3) is 0 Å².